The van der Waals surface area contributed by atoms with Crippen LogP contribution in [0.25, 0.3) is 6.08 Å². The highest BCUT2D eigenvalue weighted by atomic mass is 35.5. The third kappa shape index (κ3) is 4.70. The standard InChI is InChI=1S/C21H15ClN2OS3/c1-13-4-2-3-5-17(13)23-21-24-20(25)18(28-21)12-16-10-11-19(27-16)26-15-8-6-14(22)7-9-15/h2-12H,1H3,(H,23,24,25)/b18-12-. The molecule has 3 aromatic rings. The number of thioether (sulfide) groups is 1. The maximum absolute atomic E-state index is 12.3. The number of nitrogens with one attached hydrogen (secondary N) is 1. The largest absolute Gasteiger partial charge is 0.300 e. The minimum Gasteiger partial charge on any atom is -0.300 e. The smallest absolute Gasteiger partial charge is 0.264 e. The Balaban J connectivity index is 1.49. The van der Waals surface area contributed by atoms with Crippen molar-refractivity contribution in [2.45, 2.75) is 16.0 Å². The molecule has 1 aromatic heterocycles. The van der Waals surface area contributed by atoms with Crippen molar-refractivity contribution in [1.29, 1.82) is 0 Å². The molecule has 1 aliphatic heterocycles. The van der Waals surface area contributed by atoms with Crippen LogP contribution in [0.1, 0.15) is 10.4 Å². The van der Waals surface area contributed by atoms with Crippen LogP contribution in [0, 0.1) is 6.92 Å². The highest BCUT2D eigenvalue weighted by Crippen LogP contribution is 2.36. The van der Waals surface area contributed by atoms with Gasteiger partial charge in [-0.15, -0.1) is 11.3 Å². The van der Waals surface area contributed by atoms with Crippen LogP contribution in [0.2, 0.25) is 5.02 Å². The molecule has 0 unspecified atom stereocenters. The SMILES string of the molecule is Cc1ccccc1N=C1NC(=O)/C(=C/c2ccc(Sc3ccc(Cl)cc3)s2)S1. The highest BCUT2D eigenvalue weighted by molar-refractivity contribution is 8.18. The fourth-order valence-electron chi connectivity index (χ4n) is 2.49. The van der Waals surface area contributed by atoms with Gasteiger partial charge in [-0.05, 0) is 72.8 Å². The third-order valence-corrected chi connectivity index (χ3v) is 7.23. The summed E-state index contributed by atoms with van der Waals surface area (Å²) < 4.78 is 1.16. The summed E-state index contributed by atoms with van der Waals surface area (Å²) in [6.45, 7) is 2.00. The Bertz CT molecular complexity index is 1090. The van der Waals surface area contributed by atoms with Gasteiger partial charge >= 0.3 is 0 Å². The number of hydrogen-bond donors (Lipinski definition) is 1. The number of nitrogens with zero attached hydrogens (tertiary/aromatic N) is 1. The van der Waals surface area contributed by atoms with Crippen molar-refractivity contribution in [2.24, 2.45) is 4.99 Å². The lowest BCUT2D eigenvalue weighted by Crippen LogP contribution is -2.19. The van der Waals surface area contributed by atoms with E-state index in [0.717, 1.165) is 30.3 Å². The number of aryl methyl sites for hydroxylation is 1. The molecular weight excluding hydrogens is 428 g/mol. The van der Waals surface area contributed by atoms with Gasteiger partial charge in [0.15, 0.2) is 5.17 Å². The zero-order valence-corrected chi connectivity index (χ0v) is 18.0. The summed E-state index contributed by atoms with van der Waals surface area (Å²) in [5.41, 5.74) is 1.94. The van der Waals surface area contributed by atoms with E-state index in [9.17, 15) is 4.79 Å². The van der Waals surface area contributed by atoms with E-state index in [1.54, 1.807) is 23.1 Å². The van der Waals surface area contributed by atoms with Crippen LogP contribution in [0.15, 0.2) is 79.7 Å². The van der Waals surface area contributed by atoms with Crippen molar-refractivity contribution >= 4 is 69.3 Å². The number of rotatable bonds is 4. The van der Waals surface area contributed by atoms with Crippen LogP contribution in [-0.2, 0) is 4.79 Å². The second-order valence-corrected chi connectivity index (χ2v) is 9.94. The first-order chi connectivity index (χ1) is 13.6. The van der Waals surface area contributed by atoms with Gasteiger partial charge in [-0.25, -0.2) is 4.99 Å². The zero-order valence-electron chi connectivity index (χ0n) is 14.8. The first-order valence-electron chi connectivity index (χ1n) is 8.45. The second-order valence-electron chi connectivity index (χ2n) is 5.98. The van der Waals surface area contributed by atoms with E-state index >= 15 is 0 Å². The van der Waals surface area contributed by atoms with E-state index in [0.29, 0.717) is 10.1 Å². The van der Waals surface area contributed by atoms with Crippen molar-refractivity contribution < 1.29 is 4.79 Å². The summed E-state index contributed by atoms with van der Waals surface area (Å²) >= 11 is 10.6. The monoisotopic (exact) mass is 442 g/mol. The highest BCUT2D eigenvalue weighted by Gasteiger charge is 2.24. The van der Waals surface area contributed by atoms with Gasteiger partial charge in [-0.2, -0.15) is 0 Å². The number of carbonyl (C=O) groups excluding carboxylic acids is 1. The van der Waals surface area contributed by atoms with E-state index < -0.39 is 0 Å². The first kappa shape index (κ1) is 19.3. The number of hydrogen-bond acceptors (Lipinski definition) is 5. The summed E-state index contributed by atoms with van der Waals surface area (Å²) in [5.74, 6) is -0.113. The molecule has 0 spiro atoms. The topological polar surface area (TPSA) is 41.5 Å². The number of carbonyl (C=O) groups is 1. The van der Waals surface area contributed by atoms with Crippen LogP contribution >= 0.6 is 46.5 Å². The molecule has 1 aliphatic rings. The van der Waals surface area contributed by atoms with E-state index in [1.165, 1.54) is 11.8 Å². The summed E-state index contributed by atoms with van der Waals surface area (Å²) in [5, 5.41) is 4.18. The fraction of sp³-hybridized carbons (Fsp3) is 0.0476. The predicted molar refractivity (Wildman–Crippen MR) is 122 cm³/mol. The maximum atomic E-state index is 12.3. The molecule has 0 radical (unpaired) electrons. The van der Waals surface area contributed by atoms with Gasteiger partial charge in [0.1, 0.15) is 0 Å². The Morgan fingerprint density at radius 1 is 1.07 bits per heavy atom. The lowest BCUT2D eigenvalue weighted by atomic mass is 10.2. The van der Waals surface area contributed by atoms with Gasteiger partial charge in [0.05, 0.1) is 14.8 Å². The molecular formula is C21H15ClN2OS3. The van der Waals surface area contributed by atoms with Gasteiger partial charge in [0, 0.05) is 14.8 Å². The van der Waals surface area contributed by atoms with E-state index in [2.05, 4.69) is 16.4 Å². The molecule has 4 rings (SSSR count). The van der Waals surface area contributed by atoms with Crippen molar-refractivity contribution in [3.05, 3.63) is 81.0 Å². The molecule has 140 valence electrons. The summed E-state index contributed by atoms with van der Waals surface area (Å²) in [6, 6.07) is 19.7. The quantitative estimate of drug-likeness (QED) is 0.454. The predicted octanol–water partition coefficient (Wildman–Crippen LogP) is 6.75. The molecule has 1 amide bonds. The molecule has 3 nitrogen and oxygen atoms in total. The normalized spacial score (nSPS) is 16.7. The number of aliphatic imine (C=N–C) groups is 1. The fourth-order valence-corrected chi connectivity index (χ4v) is 5.59. The Hall–Kier alpha value is -1.99. The van der Waals surface area contributed by atoms with Crippen LogP contribution in [0.3, 0.4) is 0 Å². The molecule has 1 N–H and O–H groups in total. The van der Waals surface area contributed by atoms with Gasteiger partial charge in [0.2, 0.25) is 0 Å². The number of thiophene rings is 1. The second kappa shape index (κ2) is 8.57. The molecule has 2 heterocycles. The molecule has 2 aromatic carbocycles. The van der Waals surface area contributed by atoms with Crippen molar-refractivity contribution in [3.63, 3.8) is 0 Å². The number of benzene rings is 2. The van der Waals surface area contributed by atoms with Gasteiger partial charge in [-0.3, -0.25) is 4.79 Å². The van der Waals surface area contributed by atoms with Crippen LogP contribution < -0.4 is 5.32 Å². The molecule has 0 aliphatic carbocycles. The Kier molecular flexibility index (Phi) is 5.92. The number of amidine groups is 1. The van der Waals surface area contributed by atoms with Gasteiger partial charge in [-0.1, -0.05) is 41.6 Å². The molecule has 1 fully saturated rings. The average Bonchev–Trinajstić information content (AvgIpc) is 3.26. The molecule has 0 bridgehead atoms. The van der Waals surface area contributed by atoms with Gasteiger partial charge < -0.3 is 5.32 Å². The first-order valence-corrected chi connectivity index (χ1v) is 11.3. The van der Waals surface area contributed by atoms with E-state index in [-0.39, 0.29) is 5.91 Å². The Morgan fingerprint density at radius 3 is 2.64 bits per heavy atom. The maximum Gasteiger partial charge on any atom is 0.264 e. The van der Waals surface area contributed by atoms with Crippen LogP contribution in [0.4, 0.5) is 5.69 Å². The van der Waals surface area contributed by atoms with Crippen LogP contribution in [-0.4, -0.2) is 11.1 Å². The summed E-state index contributed by atoms with van der Waals surface area (Å²) in [6.07, 6.45) is 1.91. The molecule has 7 heteroatoms. The Morgan fingerprint density at radius 2 is 1.86 bits per heavy atom. The lowest BCUT2D eigenvalue weighted by Gasteiger charge is -1.99. The van der Waals surface area contributed by atoms with Crippen molar-refractivity contribution in [2.75, 3.05) is 0 Å². The summed E-state index contributed by atoms with van der Waals surface area (Å²) in [4.78, 5) is 19.7. The average molecular weight is 443 g/mol. The van der Waals surface area contributed by atoms with E-state index in [4.69, 9.17) is 11.6 Å². The molecule has 0 saturated carbocycles. The number of halogens is 1. The zero-order chi connectivity index (χ0) is 19.5. The summed E-state index contributed by atoms with van der Waals surface area (Å²) in [7, 11) is 0. The number of amides is 1. The molecule has 28 heavy (non-hydrogen) atoms. The van der Waals surface area contributed by atoms with Gasteiger partial charge in [0.25, 0.3) is 5.91 Å². The lowest BCUT2D eigenvalue weighted by molar-refractivity contribution is -0.115. The molecule has 0 atom stereocenters. The van der Waals surface area contributed by atoms with Crippen molar-refractivity contribution in [3.8, 4) is 0 Å². The van der Waals surface area contributed by atoms with Crippen LogP contribution in [0.5, 0.6) is 0 Å². The van der Waals surface area contributed by atoms with Crippen molar-refractivity contribution in [1.82, 2.24) is 5.32 Å². The van der Waals surface area contributed by atoms with E-state index in [1.807, 2.05) is 67.6 Å². The third-order valence-electron chi connectivity index (χ3n) is 3.90. The molecule has 1 saturated heterocycles. The minimum atomic E-state index is -0.113. The number of para-hydroxylation sites is 1. The minimum absolute atomic E-state index is 0.113. The Labute approximate surface area is 180 Å².